The minimum absolute atomic E-state index is 0.0686. The van der Waals surface area contributed by atoms with Gasteiger partial charge in [0.1, 0.15) is 23.8 Å². The van der Waals surface area contributed by atoms with Crippen molar-refractivity contribution in [1.82, 2.24) is 4.98 Å². The summed E-state index contributed by atoms with van der Waals surface area (Å²) >= 11 is 0. The van der Waals surface area contributed by atoms with Crippen LogP contribution in [0.2, 0.25) is 0 Å². The van der Waals surface area contributed by atoms with Crippen molar-refractivity contribution in [3.05, 3.63) is 70.1 Å². The van der Waals surface area contributed by atoms with Crippen LogP contribution >= 0.6 is 0 Å². The molecular formula is C41H56N2O10. The molecule has 0 aliphatic carbocycles. The second-order valence-corrected chi connectivity index (χ2v) is 15.7. The van der Waals surface area contributed by atoms with Crippen molar-refractivity contribution in [3.63, 3.8) is 0 Å². The molecule has 2 fully saturated rings. The van der Waals surface area contributed by atoms with Crippen LogP contribution in [-0.4, -0.2) is 97.9 Å². The maximum Gasteiger partial charge on any atom is 0.318 e. The molecule has 53 heavy (non-hydrogen) atoms. The third-order valence-electron chi connectivity index (χ3n) is 10.3. The summed E-state index contributed by atoms with van der Waals surface area (Å²) in [5.74, 6) is -1.85. The van der Waals surface area contributed by atoms with Crippen LogP contribution in [0, 0.1) is 23.2 Å². The maximum atomic E-state index is 13.8. The van der Waals surface area contributed by atoms with E-state index in [0.29, 0.717) is 49.1 Å². The lowest BCUT2D eigenvalue weighted by Crippen LogP contribution is -2.43. The Morgan fingerprint density at radius 3 is 2.57 bits per heavy atom. The number of aromatic amines is 1. The lowest BCUT2D eigenvalue weighted by Gasteiger charge is -2.28. The highest BCUT2D eigenvalue weighted by Gasteiger charge is 2.57. The van der Waals surface area contributed by atoms with Gasteiger partial charge < -0.3 is 38.5 Å². The zero-order valence-electron chi connectivity index (χ0n) is 32.3. The van der Waals surface area contributed by atoms with Crippen LogP contribution < -0.4 is 0 Å². The molecule has 0 radical (unpaired) electrons. The first kappa shape index (κ1) is 40.2. The lowest BCUT2D eigenvalue weighted by molar-refractivity contribution is -0.164. The number of fused-ring (bicyclic) bond motifs is 6. The van der Waals surface area contributed by atoms with Gasteiger partial charge in [-0.25, -0.2) is 4.99 Å². The van der Waals surface area contributed by atoms with Crippen molar-refractivity contribution < 1.29 is 47.9 Å². The number of ether oxygens (including phenoxy) is 6. The van der Waals surface area contributed by atoms with Gasteiger partial charge in [-0.2, -0.15) is 0 Å². The number of aliphatic hydroxyl groups excluding tert-OH is 1. The molecule has 0 aromatic carbocycles. The van der Waals surface area contributed by atoms with Crippen molar-refractivity contribution in [2.75, 3.05) is 33.5 Å². The molecule has 1 aromatic rings. The Balaban J connectivity index is 1.53. The number of nitrogens with one attached hydrogen (secondary N) is 1. The zero-order chi connectivity index (χ0) is 38.4. The molecule has 0 saturated carbocycles. The van der Waals surface area contributed by atoms with E-state index in [0.717, 1.165) is 28.8 Å². The Morgan fingerprint density at radius 2 is 1.87 bits per heavy atom. The SMILES string of the molecule is COC/C=C/C(C)=C1\COC(CC(C)C)\C1=C/C1N=C2OC1COC(=O)[C@@H](CC(C)C)CC(=O)OC1C(OC(=O)C1(C)CO)C(C)=CCc1ccc2[nH]1. The molecule has 5 heterocycles. The first-order valence-corrected chi connectivity index (χ1v) is 18.7. The van der Waals surface area contributed by atoms with Gasteiger partial charge in [0.05, 0.1) is 38.3 Å². The molecule has 4 bridgehead atoms. The number of carbonyl (C=O) groups is 3. The number of rotatable bonds is 9. The topological polar surface area (TPSA) is 155 Å². The number of allylic oxidation sites excluding steroid dienone is 3. The number of hydrogen-bond donors (Lipinski definition) is 2. The number of carbonyl (C=O) groups excluding carboxylic acids is 3. The summed E-state index contributed by atoms with van der Waals surface area (Å²) in [7, 11) is 1.66. The lowest BCUT2D eigenvalue weighted by atomic mass is 9.83. The van der Waals surface area contributed by atoms with Gasteiger partial charge in [-0.15, -0.1) is 0 Å². The zero-order valence-corrected chi connectivity index (χ0v) is 32.3. The molecule has 4 aliphatic rings. The molecule has 2 saturated heterocycles. The molecule has 290 valence electrons. The van der Waals surface area contributed by atoms with Crippen LogP contribution in [0.5, 0.6) is 0 Å². The van der Waals surface area contributed by atoms with E-state index in [9.17, 15) is 19.5 Å². The van der Waals surface area contributed by atoms with Crippen molar-refractivity contribution in [2.45, 2.75) is 105 Å². The van der Waals surface area contributed by atoms with E-state index < -0.39 is 60.2 Å². The molecule has 5 rings (SSSR count). The molecule has 12 nitrogen and oxygen atoms in total. The minimum atomic E-state index is -1.46. The third kappa shape index (κ3) is 9.39. The van der Waals surface area contributed by atoms with Gasteiger partial charge in [-0.05, 0) is 85.9 Å². The number of methoxy groups -OCH3 is 1. The fourth-order valence-corrected chi connectivity index (χ4v) is 7.22. The number of cyclic esters (lactones) is 1. The van der Waals surface area contributed by atoms with Gasteiger partial charge in [-0.1, -0.05) is 45.9 Å². The summed E-state index contributed by atoms with van der Waals surface area (Å²) in [6, 6.07) is 3.32. The Labute approximate surface area is 312 Å². The van der Waals surface area contributed by atoms with E-state index in [4.69, 9.17) is 33.4 Å². The average Bonchev–Trinajstić information content (AvgIpc) is 3.89. The highest BCUT2D eigenvalue weighted by atomic mass is 16.6. The second-order valence-electron chi connectivity index (χ2n) is 15.7. The Kier molecular flexibility index (Phi) is 13.2. The van der Waals surface area contributed by atoms with E-state index >= 15 is 0 Å². The molecule has 6 unspecified atom stereocenters. The predicted molar refractivity (Wildman–Crippen MR) is 198 cm³/mol. The van der Waals surface area contributed by atoms with Gasteiger partial charge in [0, 0.05) is 19.2 Å². The van der Waals surface area contributed by atoms with E-state index in [-0.39, 0.29) is 25.0 Å². The van der Waals surface area contributed by atoms with Crippen LogP contribution in [0.4, 0.5) is 0 Å². The van der Waals surface area contributed by atoms with E-state index in [1.807, 2.05) is 44.2 Å². The largest absolute Gasteiger partial charge is 0.467 e. The van der Waals surface area contributed by atoms with Crippen molar-refractivity contribution in [2.24, 2.45) is 28.2 Å². The number of aromatic nitrogens is 1. The summed E-state index contributed by atoms with van der Waals surface area (Å²) in [5.41, 5.74) is 3.92. The van der Waals surface area contributed by atoms with Gasteiger partial charge in [0.15, 0.2) is 18.3 Å². The Bertz CT molecular complexity index is 1670. The van der Waals surface area contributed by atoms with Crippen molar-refractivity contribution in [1.29, 1.82) is 0 Å². The number of hydrogen-bond acceptors (Lipinski definition) is 11. The van der Waals surface area contributed by atoms with Crippen molar-refractivity contribution >= 4 is 23.8 Å². The summed E-state index contributed by atoms with van der Waals surface area (Å²) in [4.78, 5) is 48.7. The molecule has 7 atom stereocenters. The third-order valence-corrected chi connectivity index (χ3v) is 10.3. The van der Waals surface area contributed by atoms with E-state index in [1.165, 1.54) is 6.92 Å². The van der Waals surface area contributed by atoms with Gasteiger partial charge in [0.25, 0.3) is 0 Å². The molecule has 4 aliphatic heterocycles. The van der Waals surface area contributed by atoms with Crippen LogP contribution in [0.25, 0.3) is 0 Å². The predicted octanol–water partition coefficient (Wildman–Crippen LogP) is 5.35. The number of H-pyrrole nitrogens is 1. The second kappa shape index (κ2) is 17.4. The number of esters is 3. The summed E-state index contributed by atoms with van der Waals surface area (Å²) in [5, 5.41) is 10.3. The molecule has 0 amide bonds. The smallest absolute Gasteiger partial charge is 0.318 e. The minimum Gasteiger partial charge on any atom is -0.467 e. The van der Waals surface area contributed by atoms with Gasteiger partial charge >= 0.3 is 17.9 Å². The number of aliphatic imine (C=N–C) groups is 1. The summed E-state index contributed by atoms with van der Waals surface area (Å²) in [6.07, 6.45) is 6.64. The summed E-state index contributed by atoms with van der Waals surface area (Å²) < 4.78 is 35.6. The number of aliphatic hydroxyl groups is 1. The number of nitrogens with zero attached hydrogens (tertiary/aromatic N) is 1. The maximum absolute atomic E-state index is 13.8. The van der Waals surface area contributed by atoms with Crippen LogP contribution in [-0.2, 0) is 49.2 Å². The molecule has 12 heteroatoms. The summed E-state index contributed by atoms with van der Waals surface area (Å²) in [6.45, 7) is 13.9. The standard InChI is InChI=1S/C41H56N2O10/c1-23(2)16-27-18-35(45)52-37-36(53-40(47)41(37,7)22-44)26(6)11-12-28-13-14-31(42-28)38-43-32(34(51-38)21-50-39(27)46)19-29-30(25(5)10-9-15-48-8)20-49-33(29)17-24(3)4/h9-11,13-14,19,23-24,27,32-34,36-37,42,44H,12,15-18,20-22H2,1-8H3/b10-9+,26-11?,29-19-,30-25+/t27-,32?,33?,34?,36?,37?,41?/m0/s1. The first-order chi connectivity index (χ1) is 25.2. The quantitative estimate of drug-likeness (QED) is 0.193. The van der Waals surface area contributed by atoms with E-state index in [2.05, 4.69) is 31.8 Å². The first-order valence-electron chi connectivity index (χ1n) is 18.7. The highest BCUT2D eigenvalue weighted by Crippen LogP contribution is 2.40. The van der Waals surface area contributed by atoms with Crippen LogP contribution in [0.3, 0.4) is 0 Å². The van der Waals surface area contributed by atoms with Crippen LogP contribution in [0.1, 0.15) is 79.1 Å². The van der Waals surface area contributed by atoms with Gasteiger partial charge in [-0.3, -0.25) is 14.4 Å². The molecule has 2 N–H and O–H groups in total. The fourth-order valence-electron chi connectivity index (χ4n) is 7.22. The monoisotopic (exact) mass is 736 g/mol. The molecule has 0 spiro atoms. The molecule has 1 aromatic heterocycles. The average molecular weight is 737 g/mol. The van der Waals surface area contributed by atoms with Crippen LogP contribution in [0.15, 0.2) is 63.7 Å². The highest BCUT2D eigenvalue weighted by molar-refractivity contribution is 5.94. The van der Waals surface area contributed by atoms with Gasteiger partial charge in [0.2, 0.25) is 5.90 Å². The Hall–Kier alpha value is -4.00. The Morgan fingerprint density at radius 1 is 1.11 bits per heavy atom. The van der Waals surface area contributed by atoms with E-state index in [1.54, 1.807) is 14.0 Å². The fraction of sp³-hybridized carbons (Fsp3) is 0.610. The van der Waals surface area contributed by atoms with Crippen molar-refractivity contribution in [3.8, 4) is 0 Å². The molecular weight excluding hydrogens is 680 g/mol. The normalized spacial score (nSPS) is 31.5.